The lowest BCUT2D eigenvalue weighted by Crippen LogP contribution is -2.09. The van der Waals surface area contributed by atoms with E-state index in [-0.39, 0.29) is 35.4 Å². The lowest BCUT2D eigenvalue weighted by Gasteiger charge is -2.10. The molecule has 0 unspecified atom stereocenters. The van der Waals surface area contributed by atoms with E-state index in [4.69, 9.17) is 4.74 Å². The summed E-state index contributed by atoms with van der Waals surface area (Å²) in [5.41, 5.74) is 0.189. The molecule has 3 nitrogen and oxygen atoms in total. The zero-order chi connectivity index (χ0) is 13.0. The van der Waals surface area contributed by atoms with Gasteiger partial charge in [0.1, 0.15) is 5.78 Å². The number of halogens is 1. The van der Waals surface area contributed by atoms with Crippen molar-refractivity contribution in [3.8, 4) is 5.75 Å². The van der Waals surface area contributed by atoms with E-state index < -0.39 is 5.82 Å². The number of ether oxygens (including phenoxy) is 1. The molecule has 92 valence electrons. The molecule has 0 aliphatic rings. The van der Waals surface area contributed by atoms with Gasteiger partial charge in [-0.3, -0.25) is 9.59 Å². The van der Waals surface area contributed by atoms with Crippen LogP contribution in [0.25, 0.3) is 0 Å². The molecule has 0 N–H and O–H groups in total. The standard InChI is InChI=1S/C13H15FO3/c1-8(2)17-13-5-4-10(7-11(13)14)12(16)6-9(3)15/h4-5,7-8H,6H2,1-3H3. The molecule has 0 aliphatic carbocycles. The van der Waals surface area contributed by atoms with Gasteiger partial charge in [0.25, 0.3) is 0 Å². The monoisotopic (exact) mass is 238 g/mol. The number of rotatable bonds is 5. The molecule has 1 aromatic rings. The third kappa shape index (κ3) is 3.98. The fraction of sp³-hybridized carbons (Fsp3) is 0.385. The lowest BCUT2D eigenvalue weighted by molar-refractivity contribution is -0.116. The van der Waals surface area contributed by atoms with Crippen LogP contribution in [0, 0.1) is 5.82 Å². The summed E-state index contributed by atoms with van der Waals surface area (Å²) < 4.78 is 18.8. The van der Waals surface area contributed by atoms with Gasteiger partial charge in [-0.15, -0.1) is 0 Å². The van der Waals surface area contributed by atoms with Crippen LogP contribution in [0.2, 0.25) is 0 Å². The predicted octanol–water partition coefficient (Wildman–Crippen LogP) is 2.77. The minimum Gasteiger partial charge on any atom is -0.488 e. The largest absolute Gasteiger partial charge is 0.488 e. The van der Waals surface area contributed by atoms with Gasteiger partial charge in [-0.05, 0) is 39.0 Å². The second-order valence-corrected chi connectivity index (χ2v) is 4.11. The molecular weight excluding hydrogens is 223 g/mol. The van der Waals surface area contributed by atoms with Gasteiger partial charge in [-0.1, -0.05) is 0 Å². The van der Waals surface area contributed by atoms with E-state index in [0.717, 1.165) is 6.07 Å². The summed E-state index contributed by atoms with van der Waals surface area (Å²) >= 11 is 0. The quantitative estimate of drug-likeness (QED) is 0.585. The van der Waals surface area contributed by atoms with Gasteiger partial charge in [-0.25, -0.2) is 4.39 Å². The van der Waals surface area contributed by atoms with Crippen molar-refractivity contribution in [3.05, 3.63) is 29.6 Å². The maximum absolute atomic E-state index is 13.5. The van der Waals surface area contributed by atoms with Crippen LogP contribution >= 0.6 is 0 Å². The topological polar surface area (TPSA) is 43.4 Å². The Bertz CT molecular complexity index is 438. The molecule has 1 aromatic carbocycles. The summed E-state index contributed by atoms with van der Waals surface area (Å²) in [6.07, 6.45) is -0.340. The Morgan fingerprint density at radius 2 is 2.00 bits per heavy atom. The average molecular weight is 238 g/mol. The van der Waals surface area contributed by atoms with Crippen molar-refractivity contribution in [2.24, 2.45) is 0 Å². The lowest BCUT2D eigenvalue weighted by atomic mass is 10.1. The minimum absolute atomic E-state index is 0.111. The van der Waals surface area contributed by atoms with Crippen LogP contribution in [0.3, 0.4) is 0 Å². The second kappa shape index (κ2) is 5.57. The Hall–Kier alpha value is -1.71. The highest BCUT2D eigenvalue weighted by Gasteiger charge is 2.12. The van der Waals surface area contributed by atoms with E-state index >= 15 is 0 Å². The molecule has 17 heavy (non-hydrogen) atoms. The number of benzene rings is 1. The molecule has 0 saturated carbocycles. The fourth-order valence-corrected chi connectivity index (χ4v) is 1.35. The van der Waals surface area contributed by atoms with Crippen LogP contribution in [0.1, 0.15) is 37.6 Å². The molecule has 0 aromatic heterocycles. The molecule has 0 saturated heterocycles. The maximum atomic E-state index is 13.5. The summed E-state index contributed by atoms with van der Waals surface area (Å²) in [4.78, 5) is 22.3. The molecule has 0 aliphatic heterocycles. The zero-order valence-corrected chi connectivity index (χ0v) is 10.1. The van der Waals surface area contributed by atoms with Crippen molar-refractivity contribution in [2.75, 3.05) is 0 Å². The first-order chi connectivity index (χ1) is 7.90. The normalized spacial score (nSPS) is 10.4. The third-order valence-electron chi connectivity index (χ3n) is 2.03. The summed E-state index contributed by atoms with van der Waals surface area (Å²) in [6, 6.07) is 3.97. The van der Waals surface area contributed by atoms with E-state index in [1.54, 1.807) is 13.8 Å². The molecule has 0 amide bonds. The van der Waals surface area contributed by atoms with Gasteiger partial charge in [0, 0.05) is 5.56 Å². The van der Waals surface area contributed by atoms with Gasteiger partial charge in [0.2, 0.25) is 0 Å². The molecule has 0 bridgehead atoms. The van der Waals surface area contributed by atoms with Crippen LogP contribution < -0.4 is 4.74 Å². The summed E-state index contributed by atoms with van der Waals surface area (Å²) in [7, 11) is 0. The Morgan fingerprint density at radius 1 is 1.35 bits per heavy atom. The number of carbonyl (C=O) groups is 2. The van der Waals surface area contributed by atoms with E-state index in [2.05, 4.69) is 0 Å². The molecular formula is C13H15FO3. The Morgan fingerprint density at radius 3 is 2.47 bits per heavy atom. The fourth-order valence-electron chi connectivity index (χ4n) is 1.35. The van der Waals surface area contributed by atoms with Crippen LogP contribution in [0.5, 0.6) is 5.75 Å². The van der Waals surface area contributed by atoms with Crippen molar-refractivity contribution < 1.29 is 18.7 Å². The third-order valence-corrected chi connectivity index (χ3v) is 2.03. The van der Waals surface area contributed by atoms with Crippen LogP contribution in [-0.4, -0.2) is 17.7 Å². The first-order valence-corrected chi connectivity index (χ1v) is 5.39. The molecule has 0 radical (unpaired) electrons. The highest BCUT2D eigenvalue weighted by Crippen LogP contribution is 2.20. The SMILES string of the molecule is CC(=O)CC(=O)c1ccc(OC(C)C)c(F)c1. The molecule has 0 spiro atoms. The highest BCUT2D eigenvalue weighted by atomic mass is 19.1. The van der Waals surface area contributed by atoms with Crippen molar-refractivity contribution in [1.82, 2.24) is 0 Å². The van der Waals surface area contributed by atoms with Gasteiger partial charge in [0.05, 0.1) is 12.5 Å². The first kappa shape index (κ1) is 13.4. The number of carbonyl (C=O) groups excluding carboxylic acids is 2. The predicted molar refractivity (Wildman–Crippen MR) is 61.8 cm³/mol. The molecule has 0 heterocycles. The van der Waals surface area contributed by atoms with Crippen LogP contribution in [0.4, 0.5) is 4.39 Å². The average Bonchev–Trinajstić information content (AvgIpc) is 2.19. The van der Waals surface area contributed by atoms with Gasteiger partial charge in [-0.2, -0.15) is 0 Å². The van der Waals surface area contributed by atoms with E-state index in [9.17, 15) is 14.0 Å². The van der Waals surface area contributed by atoms with E-state index in [1.807, 2.05) is 0 Å². The van der Waals surface area contributed by atoms with Crippen molar-refractivity contribution in [1.29, 1.82) is 0 Å². The first-order valence-electron chi connectivity index (χ1n) is 5.39. The summed E-state index contributed by atoms with van der Waals surface area (Å²) in [5, 5.41) is 0. The van der Waals surface area contributed by atoms with Crippen LogP contribution in [0.15, 0.2) is 18.2 Å². The smallest absolute Gasteiger partial charge is 0.170 e. The highest BCUT2D eigenvalue weighted by molar-refractivity contribution is 6.07. The molecule has 0 atom stereocenters. The Kier molecular flexibility index (Phi) is 4.37. The van der Waals surface area contributed by atoms with Crippen molar-refractivity contribution >= 4 is 11.6 Å². The van der Waals surface area contributed by atoms with Crippen LogP contribution in [-0.2, 0) is 4.79 Å². The molecule has 0 fully saturated rings. The molecule has 4 heteroatoms. The molecule has 1 rings (SSSR count). The van der Waals surface area contributed by atoms with Crippen molar-refractivity contribution in [3.63, 3.8) is 0 Å². The maximum Gasteiger partial charge on any atom is 0.170 e. The Labute approximate surface area is 99.6 Å². The second-order valence-electron chi connectivity index (χ2n) is 4.11. The minimum atomic E-state index is -0.590. The summed E-state index contributed by atoms with van der Waals surface area (Å²) in [5.74, 6) is -1.10. The number of hydrogen-bond donors (Lipinski definition) is 0. The van der Waals surface area contributed by atoms with Gasteiger partial charge >= 0.3 is 0 Å². The Balaban J connectivity index is 2.88. The van der Waals surface area contributed by atoms with Gasteiger partial charge in [0.15, 0.2) is 17.3 Å². The zero-order valence-electron chi connectivity index (χ0n) is 10.1. The number of hydrogen-bond acceptors (Lipinski definition) is 3. The van der Waals surface area contributed by atoms with E-state index in [0.29, 0.717) is 0 Å². The summed E-state index contributed by atoms with van der Waals surface area (Å²) in [6.45, 7) is 4.90. The van der Waals surface area contributed by atoms with Crippen molar-refractivity contribution in [2.45, 2.75) is 33.3 Å². The van der Waals surface area contributed by atoms with E-state index in [1.165, 1.54) is 19.1 Å². The number of Topliss-reactive ketones (excluding diaryl/α,β-unsaturated/α-hetero) is 2. The van der Waals surface area contributed by atoms with Gasteiger partial charge < -0.3 is 4.74 Å². The number of ketones is 2.